The Morgan fingerprint density at radius 1 is 1.03 bits per heavy atom. The van der Waals surface area contributed by atoms with Gasteiger partial charge in [0.05, 0.1) is 29.8 Å². The van der Waals surface area contributed by atoms with Crippen molar-refractivity contribution in [3.05, 3.63) is 89.7 Å². The number of pyridine rings is 1. The minimum absolute atomic E-state index is 0.108. The molecule has 2 aromatic heterocycles. The summed E-state index contributed by atoms with van der Waals surface area (Å²) < 4.78 is 76.4. The van der Waals surface area contributed by atoms with Crippen LogP contribution in [0.15, 0.2) is 77.8 Å². The van der Waals surface area contributed by atoms with Gasteiger partial charge < -0.3 is 13.9 Å². The van der Waals surface area contributed by atoms with E-state index >= 15 is 0 Å². The molecule has 0 aliphatic rings. The molecule has 0 bridgehead atoms. The molecule has 0 unspecified atom stereocenters. The number of fused-ring (bicyclic) bond motifs is 1. The molecule has 36 heavy (non-hydrogen) atoms. The molecule has 0 aliphatic carbocycles. The Balaban J connectivity index is 1.76. The number of imidazole rings is 1. The van der Waals surface area contributed by atoms with E-state index in [-0.39, 0.29) is 22.8 Å². The van der Waals surface area contributed by atoms with Gasteiger partial charge in [0.1, 0.15) is 11.4 Å². The highest BCUT2D eigenvalue weighted by Crippen LogP contribution is 2.30. The summed E-state index contributed by atoms with van der Waals surface area (Å²) in [6.45, 7) is 1.48. The number of halogens is 3. The lowest BCUT2D eigenvalue weighted by Gasteiger charge is -2.23. The van der Waals surface area contributed by atoms with Gasteiger partial charge in [-0.05, 0) is 61.0 Å². The minimum Gasteiger partial charge on any atom is -0.465 e. The van der Waals surface area contributed by atoms with Gasteiger partial charge in [-0.15, -0.1) is 13.2 Å². The molecule has 188 valence electrons. The largest absolute Gasteiger partial charge is 0.573 e. The second-order valence-electron chi connectivity index (χ2n) is 7.67. The average Bonchev–Trinajstić information content (AvgIpc) is 3.18. The molecule has 4 rings (SSSR count). The van der Waals surface area contributed by atoms with Gasteiger partial charge >= 0.3 is 12.3 Å². The minimum atomic E-state index is -4.85. The second kappa shape index (κ2) is 9.53. The topological polar surface area (TPSA) is 90.2 Å². The summed E-state index contributed by atoms with van der Waals surface area (Å²) in [5, 5.41) is 0. The van der Waals surface area contributed by atoms with Crippen molar-refractivity contribution in [2.75, 3.05) is 11.4 Å². The Morgan fingerprint density at radius 3 is 2.28 bits per heavy atom. The van der Waals surface area contributed by atoms with Crippen LogP contribution in [0.25, 0.3) is 5.65 Å². The van der Waals surface area contributed by atoms with Crippen molar-refractivity contribution in [3.63, 3.8) is 0 Å². The van der Waals surface area contributed by atoms with Crippen LogP contribution in [-0.2, 0) is 21.3 Å². The fraction of sp³-hybridized carbons (Fsp3) is 0.167. The highest BCUT2D eigenvalue weighted by molar-refractivity contribution is 7.92. The number of carbonyl (C=O) groups excluding carboxylic acids is 1. The van der Waals surface area contributed by atoms with E-state index < -0.39 is 28.1 Å². The molecule has 0 fully saturated rings. The van der Waals surface area contributed by atoms with Crippen LogP contribution in [-0.4, -0.2) is 37.2 Å². The zero-order valence-electron chi connectivity index (χ0n) is 19.1. The molecule has 0 saturated heterocycles. The number of hydrogen-bond donors (Lipinski definition) is 0. The van der Waals surface area contributed by atoms with E-state index in [4.69, 9.17) is 0 Å². The van der Waals surface area contributed by atoms with Crippen LogP contribution in [0.2, 0.25) is 0 Å². The van der Waals surface area contributed by atoms with Crippen molar-refractivity contribution >= 4 is 27.5 Å². The molecule has 0 atom stereocenters. The van der Waals surface area contributed by atoms with E-state index in [1.54, 1.807) is 35.7 Å². The first kappa shape index (κ1) is 25.0. The number of hydrogen-bond acceptors (Lipinski definition) is 6. The summed E-state index contributed by atoms with van der Waals surface area (Å²) in [5.74, 6) is -0.898. The smallest absolute Gasteiger partial charge is 0.465 e. The maximum atomic E-state index is 13.8. The van der Waals surface area contributed by atoms with Crippen molar-refractivity contribution in [2.24, 2.45) is 0 Å². The molecule has 12 heteroatoms. The van der Waals surface area contributed by atoms with Gasteiger partial charge in [0, 0.05) is 6.20 Å². The molecule has 2 heterocycles. The second-order valence-corrected chi connectivity index (χ2v) is 9.53. The first-order valence-corrected chi connectivity index (χ1v) is 11.9. The number of rotatable bonds is 7. The first-order chi connectivity index (χ1) is 17.0. The van der Waals surface area contributed by atoms with Crippen LogP contribution in [0, 0.1) is 6.92 Å². The Morgan fingerprint density at radius 2 is 1.69 bits per heavy atom. The van der Waals surface area contributed by atoms with E-state index in [0.717, 1.165) is 16.4 Å². The zero-order valence-corrected chi connectivity index (χ0v) is 19.9. The number of nitrogens with zero attached hydrogens (tertiary/aromatic N) is 3. The molecule has 4 aromatic rings. The van der Waals surface area contributed by atoms with Crippen LogP contribution < -0.4 is 9.04 Å². The Bertz CT molecular complexity index is 1500. The summed E-state index contributed by atoms with van der Waals surface area (Å²) in [4.78, 5) is 16.1. The fourth-order valence-corrected chi connectivity index (χ4v) is 5.04. The van der Waals surface area contributed by atoms with Crippen LogP contribution in [0.5, 0.6) is 5.75 Å². The summed E-state index contributed by atoms with van der Waals surface area (Å²) in [6, 6.07) is 15.4. The molecule has 0 amide bonds. The van der Waals surface area contributed by atoms with E-state index in [2.05, 4.69) is 14.5 Å². The standard InChI is InChI=1S/C24H20F3N3O5S/c1-16-22(28-21-5-3-4-14-29(16)21)30(15-17-6-10-19(11-7-17)35-24(25,26)27)36(32,33)20-12-8-18(9-13-20)23(31)34-2/h3-14H,15H2,1-2H3. The molecule has 8 nitrogen and oxygen atoms in total. The number of aromatic nitrogens is 2. The molecule has 0 spiro atoms. The van der Waals surface area contributed by atoms with E-state index in [9.17, 15) is 26.4 Å². The molecular formula is C24H20F3N3O5S. The van der Waals surface area contributed by atoms with Gasteiger partial charge in [0.2, 0.25) is 0 Å². The number of methoxy groups -OCH3 is 1. The van der Waals surface area contributed by atoms with Crippen LogP contribution >= 0.6 is 0 Å². The van der Waals surface area contributed by atoms with Gasteiger partial charge in [-0.25, -0.2) is 22.5 Å². The van der Waals surface area contributed by atoms with Crippen molar-refractivity contribution in [1.29, 1.82) is 0 Å². The Kier molecular flexibility index (Phi) is 6.63. The molecule has 0 saturated carbocycles. The highest BCUT2D eigenvalue weighted by Gasteiger charge is 2.32. The SMILES string of the molecule is COC(=O)c1ccc(S(=O)(=O)N(Cc2ccc(OC(F)(F)F)cc2)c2nc3ccccn3c2C)cc1. The van der Waals surface area contributed by atoms with Gasteiger partial charge in [0.25, 0.3) is 10.0 Å². The third kappa shape index (κ3) is 5.13. The number of alkyl halides is 3. The third-order valence-electron chi connectivity index (χ3n) is 5.33. The number of ether oxygens (including phenoxy) is 2. The number of esters is 1. The lowest BCUT2D eigenvalue weighted by molar-refractivity contribution is -0.274. The number of sulfonamides is 1. The fourth-order valence-electron chi connectivity index (χ4n) is 3.59. The number of aryl methyl sites for hydroxylation is 1. The van der Waals surface area contributed by atoms with Crippen molar-refractivity contribution in [3.8, 4) is 5.75 Å². The van der Waals surface area contributed by atoms with Crippen molar-refractivity contribution in [2.45, 2.75) is 24.7 Å². The first-order valence-electron chi connectivity index (χ1n) is 10.5. The predicted octanol–water partition coefficient (Wildman–Crippen LogP) is 4.72. The zero-order chi connectivity index (χ0) is 26.1. The van der Waals surface area contributed by atoms with Gasteiger partial charge in [0.15, 0.2) is 5.82 Å². The van der Waals surface area contributed by atoms with Crippen LogP contribution in [0.1, 0.15) is 21.6 Å². The average molecular weight is 520 g/mol. The molecule has 2 aromatic carbocycles. The maximum absolute atomic E-state index is 13.8. The summed E-state index contributed by atoms with van der Waals surface area (Å²) in [5.41, 5.74) is 1.63. The molecule has 0 radical (unpaired) electrons. The summed E-state index contributed by atoms with van der Waals surface area (Å²) >= 11 is 0. The highest BCUT2D eigenvalue weighted by atomic mass is 32.2. The van der Waals surface area contributed by atoms with Crippen LogP contribution in [0.4, 0.5) is 19.0 Å². The van der Waals surface area contributed by atoms with Crippen molar-refractivity contribution < 1.29 is 35.9 Å². The molecule has 0 aliphatic heterocycles. The monoisotopic (exact) mass is 519 g/mol. The summed E-state index contributed by atoms with van der Waals surface area (Å²) in [7, 11) is -3.00. The van der Waals surface area contributed by atoms with Gasteiger partial charge in [-0.1, -0.05) is 18.2 Å². The van der Waals surface area contributed by atoms with Gasteiger partial charge in [-0.2, -0.15) is 0 Å². The molecule has 0 N–H and O–H groups in total. The summed E-state index contributed by atoms with van der Waals surface area (Å²) in [6.07, 6.45) is -3.11. The Hall–Kier alpha value is -4.06. The Labute approximate surface area is 204 Å². The predicted molar refractivity (Wildman–Crippen MR) is 124 cm³/mol. The number of benzene rings is 2. The normalized spacial score (nSPS) is 11.9. The maximum Gasteiger partial charge on any atom is 0.573 e. The lowest BCUT2D eigenvalue weighted by atomic mass is 10.2. The number of anilines is 1. The van der Waals surface area contributed by atoms with Crippen molar-refractivity contribution in [1.82, 2.24) is 9.38 Å². The quantitative estimate of drug-likeness (QED) is 0.328. The molecular weight excluding hydrogens is 499 g/mol. The van der Waals surface area contributed by atoms with E-state index in [1.807, 2.05) is 0 Å². The van der Waals surface area contributed by atoms with Crippen LogP contribution in [0.3, 0.4) is 0 Å². The van der Waals surface area contributed by atoms with E-state index in [0.29, 0.717) is 16.9 Å². The number of carbonyl (C=O) groups is 1. The van der Waals surface area contributed by atoms with E-state index in [1.165, 1.54) is 43.5 Å². The lowest BCUT2D eigenvalue weighted by Crippen LogP contribution is -2.31. The third-order valence-corrected chi connectivity index (χ3v) is 7.08. The van der Waals surface area contributed by atoms with Gasteiger partial charge in [-0.3, -0.25) is 0 Å².